The molecular formula is C20H23ClN2O2. The number of esters is 1. The topological polar surface area (TPSA) is 42.4 Å². The number of carbonyl (C=O) groups is 1. The smallest absolute Gasteiger partial charge is 0.313 e. The molecule has 25 heavy (non-hydrogen) atoms. The van der Waals surface area contributed by atoms with Crippen molar-refractivity contribution in [3.8, 4) is 0 Å². The highest BCUT2D eigenvalue weighted by Crippen LogP contribution is 2.25. The van der Waals surface area contributed by atoms with E-state index in [-0.39, 0.29) is 18.0 Å². The Bertz CT molecular complexity index is 683. The first-order chi connectivity index (χ1) is 12.2. The second-order valence-electron chi connectivity index (χ2n) is 6.33. The number of benzene rings is 1. The summed E-state index contributed by atoms with van der Waals surface area (Å²) in [5, 5.41) is 0.638. The number of ether oxygens (including phenoxy) is 1. The van der Waals surface area contributed by atoms with Crippen LogP contribution in [0.3, 0.4) is 0 Å². The van der Waals surface area contributed by atoms with Crippen LogP contribution in [0.1, 0.15) is 37.7 Å². The minimum absolute atomic E-state index is 0.0196. The van der Waals surface area contributed by atoms with Gasteiger partial charge >= 0.3 is 5.97 Å². The summed E-state index contributed by atoms with van der Waals surface area (Å²) in [5.41, 5.74) is 1.03. The fourth-order valence-electron chi connectivity index (χ4n) is 3.23. The highest BCUT2D eigenvalue weighted by Gasteiger charge is 2.27. The molecule has 132 valence electrons. The summed E-state index contributed by atoms with van der Waals surface area (Å²) < 4.78 is 5.79. The van der Waals surface area contributed by atoms with Gasteiger partial charge in [0.25, 0.3) is 0 Å². The summed E-state index contributed by atoms with van der Waals surface area (Å²) in [6, 6.07) is 13.6. The lowest BCUT2D eigenvalue weighted by Crippen LogP contribution is -2.38. The third-order valence-corrected chi connectivity index (χ3v) is 4.88. The monoisotopic (exact) mass is 358 g/mol. The highest BCUT2D eigenvalue weighted by molar-refractivity contribution is 6.30. The standard InChI is InChI=1S/C20H23ClN2O2/c1-2-18(15-6-4-3-5-7-15)20(24)25-17-10-12-23(13-11-17)19-9-8-16(21)14-22-19/h3-9,14,17-18H,2,10-13H2,1H3. The zero-order valence-electron chi connectivity index (χ0n) is 14.4. The van der Waals surface area contributed by atoms with E-state index in [1.54, 1.807) is 6.20 Å². The number of piperidine rings is 1. The molecule has 0 bridgehead atoms. The third kappa shape index (κ3) is 4.51. The molecule has 1 unspecified atom stereocenters. The fraction of sp³-hybridized carbons (Fsp3) is 0.400. The summed E-state index contributed by atoms with van der Waals surface area (Å²) in [5.74, 6) is 0.624. The van der Waals surface area contributed by atoms with Crippen LogP contribution in [0, 0.1) is 0 Å². The van der Waals surface area contributed by atoms with Gasteiger partial charge in [0.15, 0.2) is 0 Å². The van der Waals surface area contributed by atoms with Gasteiger partial charge in [-0.3, -0.25) is 4.79 Å². The molecule has 0 radical (unpaired) electrons. The lowest BCUT2D eigenvalue weighted by atomic mass is 9.96. The molecule has 1 aromatic carbocycles. The molecule has 1 aliphatic rings. The first-order valence-electron chi connectivity index (χ1n) is 8.79. The first-order valence-corrected chi connectivity index (χ1v) is 9.17. The summed E-state index contributed by atoms with van der Waals surface area (Å²) in [6.45, 7) is 3.68. The van der Waals surface area contributed by atoms with Gasteiger partial charge in [-0.1, -0.05) is 48.9 Å². The predicted molar refractivity (Wildman–Crippen MR) is 100 cm³/mol. The largest absolute Gasteiger partial charge is 0.462 e. The van der Waals surface area contributed by atoms with Crippen molar-refractivity contribution in [2.75, 3.05) is 18.0 Å². The van der Waals surface area contributed by atoms with Gasteiger partial charge in [-0.2, -0.15) is 0 Å². The number of halogens is 1. The summed E-state index contributed by atoms with van der Waals surface area (Å²) in [7, 11) is 0. The molecule has 1 aliphatic heterocycles. The highest BCUT2D eigenvalue weighted by atomic mass is 35.5. The average molecular weight is 359 g/mol. The molecule has 0 saturated carbocycles. The molecule has 2 aromatic rings. The average Bonchev–Trinajstić information content (AvgIpc) is 2.65. The lowest BCUT2D eigenvalue weighted by molar-refractivity contribution is -0.152. The van der Waals surface area contributed by atoms with Crippen molar-refractivity contribution in [2.45, 2.75) is 38.2 Å². The quantitative estimate of drug-likeness (QED) is 0.741. The fourth-order valence-corrected chi connectivity index (χ4v) is 3.34. The van der Waals surface area contributed by atoms with Crippen molar-refractivity contribution in [3.63, 3.8) is 0 Å². The summed E-state index contributed by atoms with van der Waals surface area (Å²) in [4.78, 5) is 19.1. The number of anilines is 1. The van der Waals surface area contributed by atoms with Gasteiger partial charge < -0.3 is 9.64 Å². The zero-order chi connectivity index (χ0) is 17.6. The van der Waals surface area contributed by atoms with Crippen LogP contribution >= 0.6 is 11.6 Å². The van der Waals surface area contributed by atoms with E-state index in [0.29, 0.717) is 5.02 Å². The Balaban J connectivity index is 1.54. The second kappa shape index (κ2) is 8.34. The number of rotatable bonds is 5. The normalized spacial score (nSPS) is 16.5. The first kappa shape index (κ1) is 17.7. The van der Waals surface area contributed by atoms with Gasteiger partial charge in [-0.25, -0.2) is 4.98 Å². The molecule has 0 N–H and O–H groups in total. The molecule has 1 aromatic heterocycles. The van der Waals surface area contributed by atoms with E-state index in [4.69, 9.17) is 16.3 Å². The van der Waals surface area contributed by atoms with Gasteiger partial charge in [-0.05, 0) is 24.1 Å². The molecule has 1 saturated heterocycles. The van der Waals surface area contributed by atoms with Gasteiger partial charge in [0.05, 0.1) is 10.9 Å². The molecule has 0 aliphatic carbocycles. The lowest BCUT2D eigenvalue weighted by Gasteiger charge is -2.33. The molecule has 0 spiro atoms. The molecule has 4 nitrogen and oxygen atoms in total. The van der Waals surface area contributed by atoms with Crippen LogP contribution < -0.4 is 4.90 Å². The Morgan fingerprint density at radius 2 is 1.96 bits per heavy atom. The minimum atomic E-state index is -0.183. The number of pyridine rings is 1. The van der Waals surface area contributed by atoms with Crippen molar-refractivity contribution >= 4 is 23.4 Å². The van der Waals surface area contributed by atoms with Crippen LogP contribution in [0.2, 0.25) is 5.02 Å². The van der Waals surface area contributed by atoms with Gasteiger partial charge in [0.1, 0.15) is 11.9 Å². The van der Waals surface area contributed by atoms with E-state index in [1.807, 2.05) is 49.4 Å². The van der Waals surface area contributed by atoms with Crippen LogP contribution in [-0.4, -0.2) is 30.1 Å². The molecule has 5 heteroatoms. The maximum Gasteiger partial charge on any atom is 0.313 e. The number of nitrogens with zero attached hydrogens (tertiary/aromatic N) is 2. The van der Waals surface area contributed by atoms with Gasteiger partial charge in [-0.15, -0.1) is 0 Å². The number of hydrogen-bond donors (Lipinski definition) is 0. The Kier molecular flexibility index (Phi) is 5.92. The van der Waals surface area contributed by atoms with Crippen LogP contribution in [0.5, 0.6) is 0 Å². The molecule has 3 rings (SSSR count). The van der Waals surface area contributed by atoms with E-state index >= 15 is 0 Å². The molecule has 1 fully saturated rings. The van der Waals surface area contributed by atoms with Crippen molar-refractivity contribution in [1.82, 2.24) is 4.98 Å². The van der Waals surface area contributed by atoms with E-state index in [9.17, 15) is 4.79 Å². The van der Waals surface area contributed by atoms with Crippen LogP contribution in [0.15, 0.2) is 48.7 Å². The van der Waals surface area contributed by atoms with E-state index in [1.165, 1.54) is 0 Å². The minimum Gasteiger partial charge on any atom is -0.462 e. The van der Waals surface area contributed by atoms with E-state index < -0.39 is 0 Å². The number of carbonyl (C=O) groups excluding carboxylic acids is 1. The van der Waals surface area contributed by atoms with E-state index in [2.05, 4.69) is 9.88 Å². The maximum atomic E-state index is 12.6. The Morgan fingerprint density at radius 1 is 1.24 bits per heavy atom. The Morgan fingerprint density at radius 3 is 2.56 bits per heavy atom. The predicted octanol–water partition coefficient (Wildman–Crippen LogP) is 4.44. The van der Waals surface area contributed by atoms with Crippen LogP contribution in [0.4, 0.5) is 5.82 Å². The Hall–Kier alpha value is -2.07. The Labute approximate surface area is 153 Å². The van der Waals surface area contributed by atoms with Gasteiger partial charge in [0.2, 0.25) is 0 Å². The van der Waals surface area contributed by atoms with Crippen molar-refractivity contribution in [2.24, 2.45) is 0 Å². The zero-order valence-corrected chi connectivity index (χ0v) is 15.2. The maximum absolute atomic E-state index is 12.6. The molecule has 2 heterocycles. The molecular weight excluding hydrogens is 336 g/mol. The van der Waals surface area contributed by atoms with Crippen LogP contribution in [0.25, 0.3) is 0 Å². The van der Waals surface area contributed by atoms with Crippen molar-refractivity contribution in [3.05, 3.63) is 59.2 Å². The number of hydrogen-bond acceptors (Lipinski definition) is 4. The second-order valence-corrected chi connectivity index (χ2v) is 6.77. The van der Waals surface area contributed by atoms with Crippen LogP contribution in [-0.2, 0) is 9.53 Å². The van der Waals surface area contributed by atoms with E-state index in [0.717, 1.165) is 43.7 Å². The molecule has 0 amide bonds. The summed E-state index contributed by atoms with van der Waals surface area (Å²) >= 11 is 5.89. The van der Waals surface area contributed by atoms with Gasteiger partial charge in [0, 0.05) is 32.1 Å². The summed E-state index contributed by atoms with van der Waals surface area (Å²) in [6.07, 6.45) is 4.03. The third-order valence-electron chi connectivity index (χ3n) is 4.66. The van der Waals surface area contributed by atoms with Crippen molar-refractivity contribution < 1.29 is 9.53 Å². The number of aromatic nitrogens is 1. The van der Waals surface area contributed by atoms with Crippen molar-refractivity contribution in [1.29, 1.82) is 0 Å². The SMILES string of the molecule is CCC(C(=O)OC1CCN(c2ccc(Cl)cn2)CC1)c1ccccc1. The molecule has 1 atom stereocenters.